The Morgan fingerprint density at radius 1 is 1.30 bits per heavy atom. The molecule has 2 rings (SSSR count). The summed E-state index contributed by atoms with van der Waals surface area (Å²) in [4.78, 5) is 3.70. The normalized spacial score (nSPS) is 11.2. The second-order valence-electron chi connectivity index (χ2n) is 3.73. The first kappa shape index (κ1) is 14.7. The van der Waals surface area contributed by atoms with E-state index < -0.39 is 15.8 Å². The lowest BCUT2D eigenvalue weighted by atomic mass is 10.3. The first-order valence-electron chi connectivity index (χ1n) is 5.33. The van der Waals surface area contributed by atoms with Crippen molar-refractivity contribution in [2.75, 3.05) is 10.1 Å². The topological polar surface area (TPSA) is 97.1 Å². The Bertz CT molecular complexity index is 739. The van der Waals surface area contributed by atoms with Gasteiger partial charge in [-0.05, 0) is 46.3 Å². The van der Waals surface area contributed by atoms with Gasteiger partial charge >= 0.3 is 0 Å². The summed E-state index contributed by atoms with van der Waals surface area (Å²) >= 11 is 2.98. The molecular formula is C11H10BrFN4O2S. The molecule has 9 heteroatoms. The molecule has 20 heavy (non-hydrogen) atoms. The van der Waals surface area contributed by atoms with Crippen molar-refractivity contribution < 1.29 is 12.8 Å². The molecule has 106 valence electrons. The van der Waals surface area contributed by atoms with Crippen LogP contribution in [-0.4, -0.2) is 13.4 Å². The van der Waals surface area contributed by atoms with Crippen molar-refractivity contribution >= 4 is 37.5 Å². The molecule has 4 N–H and O–H groups in total. The van der Waals surface area contributed by atoms with Crippen LogP contribution >= 0.6 is 15.9 Å². The van der Waals surface area contributed by atoms with Gasteiger partial charge in [-0.15, -0.1) is 0 Å². The van der Waals surface area contributed by atoms with Gasteiger partial charge in [0, 0.05) is 6.20 Å². The zero-order valence-electron chi connectivity index (χ0n) is 9.97. The number of aromatic nitrogens is 1. The van der Waals surface area contributed by atoms with Crippen molar-refractivity contribution in [3.8, 4) is 0 Å². The predicted molar refractivity (Wildman–Crippen MR) is 77.0 cm³/mol. The van der Waals surface area contributed by atoms with E-state index in [9.17, 15) is 12.8 Å². The highest BCUT2D eigenvalue weighted by atomic mass is 79.9. The lowest BCUT2D eigenvalue weighted by Crippen LogP contribution is -2.18. The molecule has 0 fully saturated rings. The molecule has 1 aromatic carbocycles. The van der Waals surface area contributed by atoms with Crippen molar-refractivity contribution in [3.63, 3.8) is 0 Å². The Kier molecular flexibility index (Phi) is 4.21. The molecule has 0 atom stereocenters. The van der Waals surface area contributed by atoms with Gasteiger partial charge in [0.1, 0.15) is 10.7 Å². The van der Waals surface area contributed by atoms with Crippen molar-refractivity contribution in [2.24, 2.45) is 5.84 Å². The van der Waals surface area contributed by atoms with Gasteiger partial charge in [0.15, 0.2) is 5.82 Å². The number of nitrogens with one attached hydrogen (secondary N) is 2. The van der Waals surface area contributed by atoms with Crippen molar-refractivity contribution in [3.05, 3.63) is 46.8 Å². The number of nitrogen functional groups attached to an aromatic ring is 1. The third kappa shape index (κ3) is 3.06. The number of benzene rings is 1. The molecule has 0 aliphatic carbocycles. The SMILES string of the molecule is NNc1ncccc1S(=O)(=O)Nc1ccc(F)c(Br)c1. The highest BCUT2D eigenvalue weighted by Crippen LogP contribution is 2.24. The largest absolute Gasteiger partial charge is 0.307 e. The number of nitrogens with two attached hydrogens (primary N) is 1. The van der Waals surface area contributed by atoms with E-state index in [2.05, 4.69) is 31.1 Å². The first-order valence-corrected chi connectivity index (χ1v) is 7.61. The summed E-state index contributed by atoms with van der Waals surface area (Å²) in [6, 6.07) is 6.59. The number of halogens is 2. The Morgan fingerprint density at radius 3 is 2.70 bits per heavy atom. The summed E-state index contributed by atoms with van der Waals surface area (Å²) in [6.07, 6.45) is 1.41. The standard InChI is InChI=1S/C11H10BrFN4O2S/c12-8-6-7(3-4-9(8)13)17-20(18,19)10-2-1-5-15-11(10)16-14/h1-6,17H,14H2,(H,15,16). The second-order valence-corrected chi connectivity index (χ2v) is 6.23. The lowest BCUT2D eigenvalue weighted by molar-refractivity contribution is 0.600. The summed E-state index contributed by atoms with van der Waals surface area (Å²) in [5.74, 6) is 4.75. The fourth-order valence-electron chi connectivity index (χ4n) is 1.49. The third-order valence-corrected chi connectivity index (χ3v) is 4.39. The summed E-state index contributed by atoms with van der Waals surface area (Å²) in [5, 5.41) is 0. The molecule has 0 aliphatic heterocycles. The molecule has 0 amide bonds. The van der Waals surface area contributed by atoms with E-state index in [1.807, 2.05) is 0 Å². The van der Waals surface area contributed by atoms with Crippen LogP contribution in [0.15, 0.2) is 45.9 Å². The molecule has 0 saturated heterocycles. The Balaban J connectivity index is 2.38. The number of anilines is 2. The molecule has 1 aromatic heterocycles. The van der Waals surface area contributed by atoms with Crippen LogP contribution in [0, 0.1) is 5.82 Å². The number of hydrogen-bond donors (Lipinski definition) is 3. The van der Waals surface area contributed by atoms with Crippen LogP contribution in [0.4, 0.5) is 15.9 Å². The maximum atomic E-state index is 13.1. The average Bonchev–Trinajstić information content (AvgIpc) is 2.42. The van der Waals surface area contributed by atoms with Gasteiger partial charge in [-0.25, -0.2) is 23.6 Å². The van der Waals surface area contributed by atoms with E-state index in [1.165, 1.54) is 30.5 Å². The molecule has 6 nitrogen and oxygen atoms in total. The summed E-state index contributed by atoms with van der Waals surface area (Å²) in [5.41, 5.74) is 2.42. The van der Waals surface area contributed by atoms with E-state index in [0.29, 0.717) is 0 Å². The quantitative estimate of drug-likeness (QED) is 0.572. The number of nitrogens with zero attached hydrogens (tertiary/aromatic N) is 1. The predicted octanol–water partition coefficient (Wildman–Crippen LogP) is 2.07. The van der Waals surface area contributed by atoms with Crippen LogP contribution in [-0.2, 0) is 10.0 Å². The molecule has 0 spiro atoms. The van der Waals surface area contributed by atoms with Gasteiger partial charge in [0.05, 0.1) is 10.2 Å². The summed E-state index contributed by atoms with van der Waals surface area (Å²) in [7, 11) is -3.88. The molecule has 0 saturated carbocycles. The molecule has 2 aromatic rings. The zero-order chi connectivity index (χ0) is 14.8. The van der Waals surface area contributed by atoms with E-state index in [1.54, 1.807) is 0 Å². The summed E-state index contributed by atoms with van der Waals surface area (Å²) in [6.45, 7) is 0. The van der Waals surface area contributed by atoms with Gasteiger partial charge in [-0.3, -0.25) is 4.72 Å². The van der Waals surface area contributed by atoms with Crippen LogP contribution < -0.4 is 16.0 Å². The highest BCUT2D eigenvalue weighted by Gasteiger charge is 2.19. The monoisotopic (exact) mass is 360 g/mol. The van der Waals surface area contributed by atoms with Crippen LogP contribution in [0.3, 0.4) is 0 Å². The average molecular weight is 361 g/mol. The van der Waals surface area contributed by atoms with Crippen molar-refractivity contribution in [2.45, 2.75) is 4.90 Å². The molecular weight excluding hydrogens is 351 g/mol. The van der Waals surface area contributed by atoms with E-state index in [4.69, 9.17) is 5.84 Å². The Morgan fingerprint density at radius 2 is 2.05 bits per heavy atom. The van der Waals surface area contributed by atoms with Crippen LogP contribution in [0.25, 0.3) is 0 Å². The fourth-order valence-corrected chi connectivity index (χ4v) is 3.04. The van der Waals surface area contributed by atoms with Crippen LogP contribution in [0.1, 0.15) is 0 Å². The van der Waals surface area contributed by atoms with Gasteiger partial charge < -0.3 is 5.43 Å². The second kappa shape index (κ2) is 5.73. The van der Waals surface area contributed by atoms with Crippen molar-refractivity contribution in [1.82, 2.24) is 4.98 Å². The van der Waals surface area contributed by atoms with E-state index in [0.717, 1.165) is 6.07 Å². The van der Waals surface area contributed by atoms with Crippen LogP contribution in [0.5, 0.6) is 0 Å². The van der Waals surface area contributed by atoms with Gasteiger partial charge in [-0.1, -0.05) is 0 Å². The first-order chi connectivity index (χ1) is 9.44. The third-order valence-electron chi connectivity index (χ3n) is 2.37. The number of hydrazine groups is 1. The molecule has 0 bridgehead atoms. The smallest absolute Gasteiger partial charge is 0.265 e. The van der Waals surface area contributed by atoms with E-state index >= 15 is 0 Å². The maximum Gasteiger partial charge on any atom is 0.265 e. The molecule has 0 unspecified atom stereocenters. The fraction of sp³-hybridized carbons (Fsp3) is 0. The lowest BCUT2D eigenvalue weighted by Gasteiger charge is -2.11. The van der Waals surface area contributed by atoms with Gasteiger partial charge in [0.25, 0.3) is 10.0 Å². The Labute approximate surface area is 123 Å². The Hall–Kier alpha value is -1.71. The van der Waals surface area contributed by atoms with Crippen LogP contribution in [0.2, 0.25) is 0 Å². The minimum atomic E-state index is -3.88. The van der Waals surface area contributed by atoms with Gasteiger partial charge in [0.2, 0.25) is 0 Å². The molecule has 0 radical (unpaired) electrons. The van der Waals surface area contributed by atoms with Crippen molar-refractivity contribution in [1.29, 1.82) is 0 Å². The number of hydrogen-bond acceptors (Lipinski definition) is 5. The minimum absolute atomic E-state index is 0.0150. The number of sulfonamides is 1. The minimum Gasteiger partial charge on any atom is -0.307 e. The number of rotatable bonds is 4. The number of pyridine rings is 1. The maximum absolute atomic E-state index is 13.1. The van der Waals surface area contributed by atoms with E-state index in [-0.39, 0.29) is 20.9 Å². The molecule has 0 aliphatic rings. The zero-order valence-corrected chi connectivity index (χ0v) is 12.4. The highest BCUT2D eigenvalue weighted by molar-refractivity contribution is 9.10. The molecule has 1 heterocycles. The van der Waals surface area contributed by atoms with Gasteiger partial charge in [-0.2, -0.15) is 0 Å². The summed E-state index contributed by atoms with van der Waals surface area (Å²) < 4.78 is 40.0.